The normalized spacial score (nSPS) is 11.2. The third kappa shape index (κ3) is 3.40. The van der Waals surface area contributed by atoms with E-state index >= 15 is 0 Å². The summed E-state index contributed by atoms with van der Waals surface area (Å²) < 4.78 is 32.1. The van der Waals surface area contributed by atoms with E-state index in [0.717, 1.165) is 0 Å². The number of rotatable bonds is 4. The van der Waals surface area contributed by atoms with Crippen LogP contribution in [0.15, 0.2) is 41.3 Å². The number of halogens is 1. The molecule has 0 aliphatic carbocycles. The third-order valence-corrected chi connectivity index (χ3v) is 4.63. The summed E-state index contributed by atoms with van der Waals surface area (Å²) in [4.78, 5) is 0.140. The number of hydrogen-bond acceptors (Lipinski definition) is 4. The van der Waals surface area contributed by atoms with E-state index in [1.54, 1.807) is 25.1 Å². The summed E-state index contributed by atoms with van der Waals surface area (Å²) in [5, 5.41) is 0.325. The maximum Gasteiger partial charge on any atom is 0.261 e. The Labute approximate surface area is 128 Å². The zero-order valence-electron chi connectivity index (χ0n) is 11.6. The van der Waals surface area contributed by atoms with Crippen LogP contribution in [0.1, 0.15) is 5.56 Å². The molecular formula is C14H15ClN2O3S. The van der Waals surface area contributed by atoms with Gasteiger partial charge in [-0.2, -0.15) is 0 Å². The topological polar surface area (TPSA) is 81.4 Å². The number of nitrogen functional groups attached to an aromatic ring is 1. The van der Waals surface area contributed by atoms with Crippen LogP contribution >= 0.6 is 11.6 Å². The van der Waals surface area contributed by atoms with E-state index in [1.165, 1.54) is 25.3 Å². The van der Waals surface area contributed by atoms with Crippen LogP contribution in [0.2, 0.25) is 5.02 Å². The van der Waals surface area contributed by atoms with Crippen molar-refractivity contribution in [1.82, 2.24) is 0 Å². The van der Waals surface area contributed by atoms with Gasteiger partial charge in [0.2, 0.25) is 0 Å². The molecule has 2 aromatic rings. The third-order valence-electron chi connectivity index (χ3n) is 2.96. The van der Waals surface area contributed by atoms with Gasteiger partial charge in [0, 0.05) is 5.69 Å². The highest BCUT2D eigenvalue weighted by atomic mass is 35.5. The van der Waals surface area contributed by atoms with E-state index < -0.39 is 10.0 Å². The first-order valence-corrected chi connectivity index (χ1v) is 7.92. The van der Waals surface area contributed by atoms with E-state index in [4.69, 9.17) is 22.1 Å². The molecule has 0 unspecified atom stereocenters. The number of methoxy groups -OCH3 is 1. The number of aryl methyl sites for hydroxylation is 1. The minimum absolute atomic E-state index is 0.140. The van der Waals surface area contributed by atoms with Gasteiger partial charge in [0.25, 0.3) is 10.0 Å². The van der Waals surface area contributed by atoms with Crippen molar-refractivity contribution in [2.45, 2.75) is 11.8 Å². The van der Waals surface area contributed by atoms with Gasteiger partial charge >= 0.3 is 0 Å². The Bertz CT molecular complexity index is 776. The van der Waals surface area contributed by atoms with Crippen LogP contribution in [0.5, 0.6) is 5.75 Å². The van der Waals surface area contributed by atoms with Gasteiger partial charge in [-0.1, -0.05) is 11.6 Å². The van der Waals surface area contributed by atoms with Gasteiger partial charge in [0.05, 0.1) is 22.7 Å². The highest BCUT2D eigenvalue weighted by Gasteiger charge is 2.15. The molecule has 0 saturated heterocycles. The highest BCUT2D eigenvalue weighted by Crippen LogP contribution is 2.28. The van der Waals surface area contributed by atoms with Crippen LogP contribution in [0.25, 0.3) is 0 Å². The summed E-state index contributed by atoms with van der Waals surface area (Å²) in [5.74, 6) is 0.475. The second-order valence-electron chi connectivity index (χ2n) is 4.47. The van der Waals surface area contributed by atoms with Gasteiger partial charge in [0.15, 0.2) is 0 Å². The Morgan fingerprint density at radius 1 is 1.19 bits per heavy atom. The van der Waals surface area contributed by atoms with E-state index in [9.17, 15) is 8.42 Å². The first-order chi connectivity index (χ1) is 9.83. The molecular weight excluding hydrogens is 312 g/mol. The van der Waals surface area contributed by atoms with Crippen molar-refractivity contribution in [3.63, 3.8) is 0 Å². The maximum absolute atomic E-state index is 12.3. The molecule has 0 aliphatic heterocycles. The fourth-order valence-electron chi connectivity index (χ4n) is 1.76. The molecule has 0 spiro atoms. The van der Waals surface area contributed by atoms with Gasteiger partial charge in [-0.05, 0) is 48.9 Å². The number of anilines is 2. The molecule has 3 N–H and O–H groups in total. The molecule has 0 amide bonds. The molecule has 0 aromatic heterocycles. The Morgan fingerprint density at radius 2 is 1.90 bits per heavy atom. The molecule has 0 fully saturated rings. The highest BCUT2D eigenvalue weighted by molar-refractivity contribution is 7.92. The maximum atomic E-state index is 12.3. The van der Waals surface area contributed by atoms with Gasteiger partial charge in [0.1, 0.15) is 5.75 Å². The predicted molar refractivity (Wildman–Crippen MR) is 84.4 cm³/mol. The number of sulfonamides is 1. The fourth-order valence-corrected chi connectivity index (χ4v) is 3.15. The number of benzene rings is 2. The summed E-state index contributed by atoms with van der Waals surface area (Å²) in [6, 6.07) is 9.19. The second kappa shape index (κ2) is 5.83. The lowest BCUT2D eigenvalue weighted by atomic mass is 10.2. The second-order valence-corrected chi connectivity index (χ2v) is 6.56. The minimum Gasteiger partial charge on any atom is -0.495 e. The molecule has 0 bridgehead atoms. The lowest BCUT2D eigenvalue weighted by molar-refractivity contribution is 0.415. The van der Waals surface area contributed by atoms with E-state index in [2.05, 4.69) is 4.72 Å². The molecule has 2 aromatic carbocycles. The van der Waals surface area contributed by atoms with Crippen LogP contribution in [0, 0.1) is 6.92 Å². The molecule has 7 heteroatoms. The minimum atomic E-state index is -3.69. The predicted octanol–water partition coefficient (Wildman–Crippen LogP) is 3.04. The van der Waals surface area contributed by atoms with Crippen molar-refractivity contribution < 1.29 is 13.2 Å². The van der Waals surface area contributed by atoms with Gasteiger partial charge in [-0.3, -0.25) is 4.72 Å². The molecule has 112 valence electrons. The summed E-state index contributed by atoms with van der Waals surface area (Å²) >= 11 is 5.97. The smallest absolute Gasteiger partial charge is 0.261 e. The lowest BCUT2D eigenvalue weighted by Crippen LogP contribution is -2.13. The molecule has 21 heavy (non-hydrogen) atoms. The Balaban J connectivity index is 2.32. The standard InChI is InChI=1S/C14H15ClN2O3S/c1-9-7-11(4-5-13(9)16)21(18,19)17-10-3-6-14(20-2)12(15)8-10/h3-8,17H,16H2,1-2H3. The largest absolute Gasteiger partial charge is 0.495 e. The fraction of sp³-hybridized carbons (Fsp3) is 0.143. The molecule has 5 nitrogen and oxygen atoms in total. The number of hydrogen-bond donors (Lipinski definition) is 2. The average Bonchev–Trinajstić information content (AvgIpc) is 2.41. The molecule has 0 heterocycles. The van der Waals surface area contributed by atoms with E-state index in [-0.39, 0.29) is 4.90 Å². The van der Waals surface area contributed by atoms with Crippen molar-refractivity contribution in [2.24, 2.45) is 0 Å². The summed E-state index contributed by atoms with van der Waals surface area (Å²) in [6.07, 6.45) is 0. The van der Waals surface area contributed by atoms with E-state index in [1.807, 2.05) is 0 Å². The van der Waals surface area contributed by atoms with Gasteiger partial charge in [-0.25, -0.2) is 8.42 Å². The number of nitrogens with one attached hydrogen (secondary N) is 1. The van der Waals surface area contributed by atoms with Crippen LogP contribution < -0.4 is 15.2 Å². The van der Waals surface area contributed by atoms with Crippen LogP contribution in [0.3, 0.4) is 0 Å². The average molecular weight is 327 g/mol. The van der Waals surface area contributed by atoms with Crippen molar-refractivity contribution in [3.8, 4) is 5.75 Å². The summed E-state index contributed by atoms with van der Waals surface area (Å²) in [5.41, 5.74) is 7.29. The van der Waals surface area contributed by atoms with Crippen molar-refractivity contribution in [3.05, 3.63) is 47.0 Å². The Kier molecular flexibility index (Phi) is 4.29. The van der Waals surface area contributed by atoms with Gasteiger partial charge < -0.3 is 10.5 Å². The first-order valence-electron chi connectivity index (χ1n) is 6.06. The van der Waals surface area contributed by atoms with Gasteiger partial charge in [-0.15, -0.1) is 0 Å². The molecule has 2 rings (SSSR count). The van der Waals surface area contributed by atoms with Crippen LogP contribution in [-0.4, -0.2) is 15.5 Å². The summed E-state index contributed by atoms with van der Waals surface area (Å²) in [7, 11) is -2.21. The molecule has 0 saturated carbocycles. The zero-order valence-corrected chi connectivity index (χ0v) is 13.1. The Hall–Kier alpha value is -1.92. The lowest BCUT2D eigenvalue weighted by Gasteiger charge is -2.11. The molecule has 0 atom stereocenters. The number of nitrogens with two attached hydrogens (primary N) is 1. The Morgan fingerprint density at radius 3 is 2.48 bits per heavy atom. The monoisotopic (exact) mass is 326 g/mol. The molecule has 0 radical (unpaired) electrons. The first kappa shape index (κ1) is 15.5. The van der Waals surface area contributed by atoms with Crippen molar-refractivity contribution in [1.29, 1.82) is 0 Å². The van der Waals surface area contributed by atoms with E-state index in [0.29, 0.717) is 27.7 Å². The molecule has 0 aliphatic rings. The van der Waals surface area contributed by atoms with Crippen LogP contribution in [-0.2, 0) is 10.0 Å². The van der Waals surface area contributed by atoms with Crippen molar-refractivity contribution in [2.75, 3.05) is 17.6 Å². The SMILES string of the molecule is COc1ccc(NS(=O)(=O)c2ccc(N)c(C)c2)cc1Cl. The van der Waals surface area contributed by atoms with Crippen LogP contribution in [0.4, 0.5) is 11.4 Å². The van der Waals surface area contributed by atoms with Crippen molar-refractivity contribution >= 4 is 33.0 Å². The number of ether oxygens (including phenoxy) is 1. The quantitative estimate of drug-likeness (QED) is 0.846. The summed E-state index contributed by atoms with van der Waals surface area (Å²) in [6.45, 7) is 1.75. The zero-order chi connectivity index (χ0) is 15.6.